The molecule has 18 heavy (non-hydrogen) atoms. The first kappa shape index (κ1) is 13.0. The van der Waals surface area contributed by atoms with E-state index in [1.165, 1.54) is 5.56 Å². The molecule has 2 aromatic rings. The van der Waals surface area contributed by atoms with Crippen molar-refractivity contribution >= 4 is 11.0 Å². The summed E-state index contributed by atoms with van der Waals surface area (Å²) in [4.78, 5) is 6.40. The highest BCUT2D eigenvalue weighted by molar-refractivity contribution is 5.75. The third-order valence-corrected chi connectivity index (χ3v) is 3.04. The van der Waals surface area contributed by atoms with Gasteiger partial charge in [-0.1, -0.05) is 6.07 Å². The SMILES string of the molecule is CN(Cc1ccc2c(c1)ncn2C)CC(O)CN. The van der Waals surface area contributed by atoms with E-state index in [2.05, 4.69) is 28.1 Å². The second kappa shape index (κ2) is 5.48. The van der Waals surface area contributed by atoms with E-state index in [1.54, 1.807) is 0 Å². The lowest BCUT2D eigenvalue weighted by Crippen LogP contribution is -2.33. The summed E-state index contributed by atoms with van der Waals surface area (Å²) in [5.74, 6) is 0. The van der Waals surface area contributed by atoms with Crippen LogP contribution >= 0.6 is 0 Å². The number of imidazole rings is 1. The summed E-state index contributed by atoms with van der Waals surface area (Å²) >= 11 is 0. The Kier molecular flexibility index (Phi) is 3.96. The van der Waals surface area contributed by atoms with Crippen LogP contribution in [0.3, 0.4) is 0 Å². The Hall–Kier alpha value is -1.43. The van der Waals surface area contributed by atoms with E-state index >= 15 is 0 Å². The van der Waals surface area contributed by atoms with E-state index in [1.807, 2.05) is 25.0 Å². The van der Waals surface area contributed by atoms with Gasteiger partial charge < -0.3 is 15.4 Å². The van der Waals surface area contributed by atoms with Crippen LogP contribution in [-0.4, -0.2) is 45.8 Å². The number of rotatable bonds is 5. The van der Waals surface area contributed by atoms with Gasteiger partial charge >= 0.3 is 0 Å². The molecular weight excluding hydrogens is 228 g/mol. The predicted molar refractivity (Wildman–Crippen MR) is 72.1 cm³/mol. The van der Waals surface area contributed by atoms with Crippen molar-refractivity contribution in [3.8, 4) is 0 Å². The van der Waals surface area contributed by atoms with E-state index in [4.69, 9.17) is 5.73 Å². The second-order valence-electron chi connectivity index (χ2n) is 4.76. The van der Waals surface area contributed by atoms with E-state index < -0.39 is 6.10 Å². The fourth-order valence-corrected chi connectivity index (χ4v) is 2.09. The van der Waals surface area contributed by atoms with Crippen LogP contribution in [-0.2, 0) is 13.6 Å². The monoisotopic (exact) mass is 248 g/mol. The second-order valence-corrected chi connectivity index (χ2v) is 4.76. The van der Waals surface area contributed by atoms with Gasteiger partial charge in [0.1, 0.15) is 0 Å². The van der Waals surface area contributed by atoms with Gasteiger partial charge in [0.15, 0.2) is 0 Å². The van der Waals surface area contributed by atoms with Crippen LogP contribution in [0.25, 0.3) is 11.0 Å². The van der Waals surface area contributed by atoms with Gasteiger partial charge in [-0.05, 0) is 24.7 Å². The fraction of sp³-hybridized carbons (Fsp3) is 0.462. The maximum Gasteiger partial charge on any atom is 0.0955 e. The molecule has 0 saturated heterocycles. The quantitative estimate of drug-likeness (QED) is 0.800. The van der Waals surface area contributed by atoms with Gasteiger partial charge in [0.2, 0.25) is 0 Å². The van der Waals surface area contributed by atoms with Crippen LogP contribution in [0, 0.1) is 0 Å². The lowest BCUT2D eigenvalue weighted by molar-refractivity contribution is 0.129. The minimum Gasteiger partial charge on any atom is -0.390 e. The minimum absolute atomic E-state index is 0.295. The summed E-state index contributed by atoms with van der Waals surface area (Å²) < 4.78 is 2.00. The number of likely N-dealkylation sites (N-methyl/N-ethyl adjacent to an activating group) is 1. The Bertz CT molecular complexity index is 523. The lowest BCUT2D eigenvalue weighted by Gasteiger charge is -2.19. The third-order valence-electron chi connectivity index (χ3n) is 3.04. The van der Waals surface area contributed by atoms with Crippen molar-refractivity contribution in [1.29, 1.82) is 0 Å². The molecule has 0 saturated carbocycles. The average molecular weight is 248 g/mol. The third kappa shape index (κ3) is 2.87. The van der Waals surface area contributed by atoms with Crippen LogP contribution in [0.5, 0.6) is 0 Å². The van der Waals surface area contributed by atoms with Crippen LogP contribution < -0.4 is 5.73 Å². The Labute approximate surface area is 107 Å². The average Bonchev–Trinajstić information content (AvgIpc) is 2.70. The number of aromatic nitrogens is 2. The Morgan fingerprint density at radius 3 is 3.00 bits per heavy atom. The van der Waals surface area contributed by atoms with Crippen molar-refractivity contribution in [1.82, 2.24) is 14.5 Å². The normalized spacial score (nSPS) is 13.4. The Morgan fingerprint density at radius 1 is 1.50 bits per heavy atom. The molecule has 0 aliphatic heterocycles. The molecule has 0 spiro atoms. The maximum atomic E-state index is 9.50. The smallest absolute Gasteiger partial charge is 0.0955 e. The number of hydrogen-bond donors (Lipinski definition) is 2. The van der Waals surface area contributed by atoms with Crippen molar-refractivity contribution in [2.45, 2.75) is 12.6 Å². The number of nitrogens with zero attached hydrogens (tertiary/aromatic N) is 3. The largest absolute Gasteiger partial charge is 0.390 e. The molecule has 0 amide bonds. The first-order chi connectivity index (χ1) is 8.60. The highest BCUT2D eigenvalue weighted by Gasteiger charge is 2.08. The first-order valence-electron chi connectivity index (χ1n) is 6.07. The van der Waals surface area contributed by atoms with E-state index in [0.717, 1.165) is 17.6 Å². The summed E-state index contributed by atoms with van der Waals surface area (Å²) in [7, 11) is 3.96. The van der Waals surface area contributed by atoms with Crippen LogP contribution in [0.4, 0.5) is 0 Å². The molecule has 1 aromatic carbocycles. The molecule has 98 valence electrons. The molecule has 1 atom stereocenters. The summed E-state index contributed by atoms with van der Waals surface area (Å²) in [5.41, 5.74) is 8.72. The fourth-order valence-electron chi connectivity index (χ4n) is 2.09. The van der Waals surface area contributed by atoms with Crippen molar-refractivity contribution in [2.75, 3.05) is 20.1 Å². The molecule has 0 fully saturated rings. The zero-order chi connectivity index (χ0) is 13.1. The molecule has 1 aromatic heterocycles. The highest BCUT2D eigenvalue weighted by atomic mass is 16.3. The van der Waals surface area contributed by atoms with Crippen molar-refractivity contribution < 1.29 is 5.11 Å². The van der Waals surface area contributed by atoms with Crippen LogP contribution in [0.1, 0.15) is 5.56 Å². The molecule has 0 aliphatic carbocycles. The lowest BCUT2D eigenvalue weighted by atomic mass is 10.2. The minimum atomic E-state index is -0.464. The van der Waals surface area contributed by atoms with Crippen molar-refractivity contribution in [3.63, 3.8) is 0 Å². The van der Waals surface area contributed by atoms with E-state index in [9.17, 15) is 5.11 Å². The summed E-state index contributed by atoms with van der Waals surface area (Å²) in [6.45, 7) is 1.66. The zero-order valence-corrected chi connectivity index (χ0v) is 10.9. The number of fused-ring (bicyclic) bond motifs is 1. The molecule has 1 heterocycles. The van der Waals surface area contributed by atoms with Gasteiger partial charge in [-0.25, -0.2) is 4.98 Å². The summed E-state index contributed by atoms with van der Waals surface area (Å²) in [6.07, 6.45) is 1.35. The molecule has 0 bridgehead atoms. The van der Waals surface area contributed by atoms with Crippen molar-refractivity contribution in [2.24, 2.45) is 12.8 Å². The van der Waals surface area contributed by atoms with Gasteiger partial charge in [-0.15, -0.1) is 0 Å². The summed E-state index contributed by atoms with van der Waals surface area (Å²) in [6, 6.07) is 6.25. The molecule has 0 radical (unpaired) electrons. The maximum absolute atomic E-state index is 9.50. The van der Waals surface area contributed by atoms with Gasteiger partial charge in [0, 0.05) is 26.7 Å². The van der Waals surface area contributed by atoms with Gasteiger partial charge in [0.05, 0.1) is 23.5 Å². The highest BCUT2D eigenvalue weighted by Crippen LogP contribution is 2.14. The topological polar surface area (TPSA) is 67.3 Å². The van der Waals surface area contributed by atoms with E-state index in [-0.39, 0.29) is 0 Å². The molecular formula is C13H20N4O. The number of aryl methyl sites for hydroxylation is 1. The Morgan fingerprint density at radius 2 is 2.28 bits per heavy atom. The standard InChI is InChI=1S/C13H20N4O/c1-16(8-11(18)6-14)7-10-3-4-13-12(5-10)15-9-17(13)2/h3-5,9,11,18H,6-8,14H2,1-2H3. The molecule has 2 rings (SSSR count). The van der Waals surface area contributed by atoms with Gasteiger partial charge in [-0.2, -0.15) is 0 Å². The summed E-state index contributed by atoms with van der Waals surface area (Å²) in [5, 5.41) is 9.50. The van der Waals surface area contributed by atoms with Gasteiger partial charge in [-0.3, -0.25) is 4.90 Å². The van der Waals surface area contributed by atoms with Crippen LogP contribution in [0.15, 0.2) is 24.5 Å². The van der Waals surface area contributed by atoms with E-state index in [0.29, 0.717) is 13.1 Å². The van der Waals surface area contributed by atoms with Gasteiger partial charge in [0.25, 0.3) is 0 Å². The molecule has 0 aliphatic rings. The molecule has 1 unspecified atom stereocenters. The predicted octanol–water partition coefficient (Wildman–Crippen LogP) is 0.325. The number of nitrogens with two attached hydrogens (primary N) is 1. The first-order valence-corrected chi connectivity index (χ1v) is 6.07. The zero-order valence-electron chi connectivity index (χ0n) is 10.9. The number of aliphatic hydroxyl groups excluding tert-OH is 1. The van der Waals surface area contributed by atoms with Crippen LogP contribution in [0.2, 0.25) is 0 Å². The molecule has 5 nitrogen and oxygen atoms in total. The Balaban J connectivity index is 2.07. The molecule has 3 N–H and O–H groups in total. The number of hydrogen-bond acceptors (Lipinski definition) is 4. The van der Waals surface area contributed by atoms with Crippen molar-refractivity contribution in [3.05, 3.63) is 30.1 Å². The number of aliphatic hydroxyl groups is 1. The molecule has 5 heteroatoms. The number of benzene rings is 1.